The van der Waals surface area contributed by atoms with Gasteiger partial charge in [0.1, 0.15) is 17.4 Å². The van der Waals surface area contributed by atoms with Crippen molar-refractivity contribution < 1.29 is 18.0 Å². The molecule has 0 saturated heterocycles. The van der Waals surface area contributed by atoms with Gasteiger partial charge in [-0.25, -0.2) is 9.97 Å². The molecule has 1 atom stereocenters. The van der Waals surface area contributed by atoms with E-state index in [0.29, 0.717) is 23.1 Å². The summed E-state index contributed by atoms with van der Waals surface area (Å²) in [5.74, 6) is 1.29. The number of hydrogen-bond acceptors (Lipinski definition) is 6. The standard InChI is InChI=1S/C20H26F3N7O/c1-10(2)16-18(31)27-15-11(3)25-19(28-17(15)29(16)4)26-13-5-12(6-13)8-30-9-24-7-14(30)20(21,22)23/h7,9-10,12-13,16H,5-6,8H2,1-4H3,(H,27,31)(H,25,26,28)/t12-,13+,16-/m0/s1. The van der Waals surface area contributed by atoms with Crippen LogP contribution >= 0.6 is 0 Å². The summed E-state index contributed by atoms with van der Waals surface area (Å²) in [6, 6.07) is -0.231. The first kappa shape index (κ1) is 21.4. The van der Waals surface area contributed by atoms with Gasteiger partial charge in [-0.15, -0.1) is 0 Å². The Morgan fingerprint density at radius 2 is 2.00 bits per heavy atom. The summed E-state index contributed by atoms with van der Waals surface area (Å²) in [4.78, 5) is 27.0. The van der Waals surface area contributed by atoms with Crippen LogP contribution in [0.1, 0.15) is 38.1 Å². The lowest BCUT2D eigenvalue weighted by Gasteiger charge is -2.38. The van der Waals surface area contributed by atoms with E-state index in [2.05, 4.69) is 25.6 Å². The predicted octanol–water partition coefficient (Wildman–Crippen LogP) is 3.30. The summed E-state index contributed by atoms with van der Waals surface area (Å²) >= 11 is 0. The van der Waals surface area contributed by atoms with Crippen LogP contribution in [-0.4, -0.2) is 44.6 Å². The Morgan fingerprint density at radius 1 is 1.29 bits per heavy atom. The maximum atomic E-state index is 13.0. The predicted molar refractivity (Wildman–Crippen MR) is 110 cm³/mol. The first-order chi connectivity index (χ1) is 14.5. The van der Waals surface area contributed by atoms with E-state index in [1.807, 2.05) is 32.7 Å². The number of imidazole rings is 1. The Bertz CT molecular complexity index is 982. The highest BCUT2D eigenvalue weighted by Gasteiger charge is 2.38. The number of alkyl halides is 3. The maximum absolute atomic E-state index is 13.0. The van der Waals surface area contributed by atoms with E-state index < -0.39 is 11.9 Å². The van der Waals surface area contributed by atoms with Crippen LogP contribution in [0.25, 0.3) is 0 Å². The molecule has 1 saturated carbocycles. The van der Waals surface area contributed by atoms with E-state index in [0.717, 1.165) is 19.0 Å². The third-order valence-corrected chi connectivity index (χ3v) is 6.00. The summed E-state index contributed by atoms with van der Waals surface area (Å²) in [5, 5.41) is 6.20. The molecule has 2 aliphatic rings. The third kappa shape index (κ3) is 4.05. The lowest BCUT2D eigenvalue weighted by molar-refractivity contribution is -0.144. The van der Waals surface area contributed by atoms with Crippen molar-refractivity contribution >= 4 is 23.4 Å². The van der Waals surface area contributed by atoms with E-state index in [1.54, 1.807) is 0 Å². The number of aryl methyl sites for hydroxylation is 1. The lowest BCUT2D eigenvalue weighted by Crippen LogP contribution is -2.50. The van der Waals surface area contributed by atoms with Gasteiger partial charge in [0.25, 0.3) is 0 Å². The molecule has 2 aromatic rings. The molecular weight excluding hydrogens is 411 g/mol. The van der Waals surface area contributed by atoms with Crippen LogP contribution in [-0.2, 0) is 17.5 Å². The highest BCUT2D eigenvalue weighted by molar-refractivity contribution is 6.03. The molecule has 168 valence electrons. The molecule has 0 bridgehead atoms. The van der Waals surface area contributed by atoms with Crippen molar-refractivity contribution in [2.75, 3.05) is 22.6 Å². The van der Waals surface area contributed by atoms with Gasteiger partial charge in [0, 0.05) is 19.6 Å². The zero-order valence-corrected chi connectivity index (χ0v) is 17.9. The van der Waals surface area contributed by atoms with E-state index in [4.69, 9.17) is 0 Å². The molecular formula is C20H26F3N7O. The molecule has 2 N–H and O–H groups in total. The topological polar surface area (TPSA) is 88.0 Å². The monoisotopic (exact) mass is 437 g/mol. The molecule has 1 fully saturated rings. The Kier molecular flexibility index (Phi) is 5.30. The second kappa shape index (κ2) is 7.69. The van der Waals surface area contributed by atoms with Gasteiger partial charge in [0.05, 0.1) is 18.2 Å². The van der Waals surface area contributed by atoms with E-state index in [1.165, 1.54) is 10.9 Å². The number of nitrogens with zero attached hydrogens (tertiary/aromatic N) is 5. The quantitative estimate of drug-likeness (QED) is 0.746. The van der Waals surface area contributed by atoms with Gasteiger partial charge >= 0.3 is 6.18 Å². The Morgan fingerprint density at radius 3 is 2.65 bits per heavy atom. The van der Waals surface area contributed by atoms with Crippen molar-refractivity contribution in [1.82, 2.24) is 19.5 Å². The van der Waals surface area contributed by atoms with E-state index >= 15 is 0 Å². The SMILES string of the molecule is Cc1nc(N[C@H]2C[C@@H](Cn3cncc3C(F)(F)F)C2)nc2c1NC(=O)[C@H](C(C)C)N2C. The fraction of sp³-hybridized carbons (Fsp3) is 0.600. The maximum Gasteiger partial charge on any atom is 0.432 e. The van der Waals surface area contributed by atoms with Gasteiger partial charge in [0.2, 0.25) is 11.9 Å². The number of rotatable bonds is 5. The molecule has 11 heteroatoms. The van der Waals surface area contributed by atoms with Gasteiger partial charge in [-0.05, 0) is 31.6 Å². The molecule has 3 heterocycles. The molecule has 1 amide bonds. The Balaban J connectivity index is 1.42. The van der Waals surface area contributed by atoms with Gasteiger partial charge in [-0.2, -0.15) is 18.2 Å². The summed E-state index contributed by atoms with van der Waals surface area (Å²) in [7, 11) is 1.85. The van der Waals surface area contributed by atoms with E-state index in [-0.39, 0.29) is 36.4 Å². The number of halogens is 3. The first-order valence-corrected chi connectivity index (χ1v) is 10.3. The molecule has 4 rings (SSSR count). The minimum Gasteiger partial charge on any atom is -0.351 e. The second-order valence-corrected chi connectivity index (χ2v) is 8.73. The van der Waals surface area contributed by atoms with Crippen LogP contribution in [0.4, 0.5) is 30.6 Å². The third-order valence-electron chi connectivity index (χ3n) is 6.00. The Labute approximate surface area is 178 Å². The number of likely N-dealkylation sites (N-methyl/N-ethyl adjacent to an activating group) is 1. The highest BCUT2D eigenvalue weighted by atomic mass is 19.4. The van der Waals surface area contributed by atoms with Gasteiger partial charge < -0.3 is 20.1 Å². The second-order valence-electron chi connectivity index (χ2n) is 8.73. The van der Waals surface area contributed by atoms with Crippen molar-refractivity contribution in [3.8, 4) is 0 Å². The normalized spacial score (nSPS) is 23.4. The number of hydrogen-bond donors (Lipinski definition) is 2. The van der Waals surface area contributed by atoms with Crippen LogP contribution in [0.15, 0.2) is 12.5 Å². The average molecular weight is 437 g/mol. The van der Waals surface area contributed by atoms with Crippen LogP contribution < -0.4 is 15.5 Å². The molecule has 2 aromatic heterocycles. The molecule has 8 nitrogen and oxygen atoms in total. The minimum atomic E-state index is -4.40. The summed E-state index contributed by atoms with van der Waals surface area (Å²) in [6.07, 6.45) is -0.874. The van der Waals surface area contributed by atoms with E-state index in [9.17, 15) is 18.0 Å². The number of nitrogens with one attached hydrogen (secondary N) is 2. The number of anilines is 3. The number of fused-ring (bicyclic) bond motifs is 1. The fourth-order valence-electron chi connectivity index (χ4n) is 4.44. The largest absolute Gasteiger partial charge is 0.432 e. The van der Waals surface area contributed by atoms with Gasteiger partial charge in [0.15, 0.2) is 5.82 Å². The van der Waals surface area contributed by atoms with Crippen molar-refractivity contribution in [1.29, 1.82) is 0 Å². The molecule has 0 aromatic carbocycles. The minimum absolute atomic E-state index is 0.0722. The van der Waals surface area contributed by atoms with Crippen LogP contribution in [0.5, 0.6) is 0 Å². The smallest absolute Gasteiger partial charge is 0.351 e. The zero-order valence-electron chi connectivity index (χ0n) is 17.9. The molecule has 0 radical (unpaired) electrons. The average Bonchev–Trinajstić information content (AvgIpc) is 3.09. The molecule has 31 heavy (non-hydrogen) atoms. The van der Waals surface area contributed by atoms with Crippen molar-refractivity contribution in [3.05, 3.63) is 23.9 Å². The number of carbonyl (C=O) groups excluding carboxylic acids is 1. The van der Waals surface area contributed by atoms with Gasteiger partial charge in [-0.1, -0.05) is 13.8 Å². The summed E-state index contributed by atoms with van der Waals surface area (Å²) in [6.45, 7) is 6.06. The summed E-state index contributed by atoms with van der Waals surface area (Å²) in [5.41, 5.74) is 0.558. The van der Waals surface area contributed by atoms with Crippen molar-refractivity contribution in [3.63, 3.8) is 0 Å². The molecule has 0 unspecified atom stereocenters. The van der Waals surface area contributed by atoms with Gasteiger partial charge in [-0.3, -0.25) is 4.79 Å². The number of carbonyl (C=O) groups is 1. The number of amides is 1. The Hall–Kier alpha value is -2.85. The molecule has 1 aliphatic heterocycles. The first-order valence-electron chi connectivity index (χ1n) is 10.3. The summed E-state index contributed by atoms with van der Waals surface area (Å²) < 4.78 is 40.2. The lowest BCUT2D eigenvalue weighted by atomic mass is 9.80. The van der Waals surface area contributed by atoms with Crippen LogP contribution in [0.3, 0.4) is 0 Å². The van der Waals surface area contributed by atoms with Crippen molar-refractivity contribution in [2.24, 2.45) is 11.8 Å². The highest BCUT2D eigenvalue weighted by Crippen LogP contribution is 2.37. The van der Waals surface area contributed by atoms with Crippen LogP contribution in [0, 0.1) is 18.8 Å². The fourth-order valence-corrected chi connectivity index (χ4v) is 4.44. The van der Waals surface area contributed by atoms with Crippen LogP contribution in [0.2, 0.25) is 0 Å². The number of aromatic nitrogens is 4. The molecule has 0 spiro atoms. The molecule has 1 aliphatic carbocycles. The zero-order chi connectivity index (χ0) is 22.5. The van der Waals surface area contributed by atoms with Crippen molar-refractivity contribution in [2.45, 2.75) is 58.4 Å².